The maximum absolute atomic E-state index is 12.0. The number of rotatable bonds is 3. The van der Waals surface area contributed by atoms with Gasteiger partial charge in [0.1, 0.15) is 5.76 Å². The first-order chi connectivity index (χ1) is 11.4. The van der Waals surface area contributed by atoms with Gasteiger partial charge in [-0.15, -0.1) is 0 Å². The summed E-state index contributed by atoms with van der Waals surface area (Å²) in [6.07, 6.45) is 3.24. The molecule has 1 aliphatic heterocycles. The zero-order valence-electron chi connectivity index (χ0n) is 13.3. The van der Waals surface area contributed by atoms with Gasteiger partial charge in [0.15, 0.2) is 0 Å². The van der Waals surface area contributed by atoms with Gasteiger partial charge in [-0.25, -0.2) is 4.79 Å². The number of cyclic esters (lactones) is 1. The minimum atomic E-state index is -0.464. The molecule has 1 aliphatic rings. The summed E-state index contributed by atoms with van der Waals surface area (Å²) < 4.78 is 5.29. The van der Waals surface area contributed by atoms with E-state index < -0.39 is 10.9 Å². The number of carbonyl (C=O) groups is 1. The fraction of sp³-hybridized carbons (Fsp3) is 0.105. The molecule has 0 radical (unpaired) electrons. The van der Waals surface area contributed by atoms with Crippen LogP contribution < -0.4 is 0 Å². The van der Waals surface area contributed by atoms with Gasteiger partial charge in [-0.2, -0.15) is 0 Å². The third-order valence-electron chi connectivity index (χ3n) is 3.81. The van der Waals surface area contributed by atoms with Crippen molar-refractivity contribution < 1.29 is 14.5 Å². The third kappa shape index (κ3) is 3.10. The molecule has 0 bridgehead atoms. The standard InChI is InChI=1S/C19H15NO4/c1-12-3-7-15(8-4-12)18-11-16(19(21)24-18)9-14-6-5-13(2)17(10-14)20(22)23/h3-11H,1-2H3/b16-9-. The van der Waals surface area contributed by atoms with Crippen molar-refractivity contribution in [1.29, 1.82) is 0 Å². The zero-order valence-corrected chi connectivity index (χ0v) is 13.3. The Labute approximate surface area is 139 Å². The van der Waals surface area contributed by atoms with Crippen LogP contribution in [-0.4, -0.2) is 10.9 Å². The van der Waals surface area contributed by atoms with Gasteiger partial charge in [0.05, 0.1) is 10.5 Å². The molecule has 24 heavy (non-hydrogen) atoms. The highest BCUT2D eigenvalue weighted by Crippen LogP contribution is 2.28. The molecule has 5 heteroatoms. The Morgan fingerprint density at radius 1 is 1.08 bits per heavy atom. The lowest BCUT2D eigenvalue weighted by atomic mass is 10.1. The Balaban J connectivity index is 1.95. The van der Waals surface area contributed by atoms with Crippen LogP contribution in [0.2, 0.25) is 0 Å². The predicted molar refractivity (Wildman–Crippen MR) is 91.1 cm³/mol. The fourth-order valence-corrected chi connectivity index (χ4v) is 2.44. The van der Waals surface area contributed by atoms with Gasteiger partial charge in [0.25, 0.3) is 5.69 Å². The third-order valence-corrected chi connectivity index (χ3v) is 3.81. The molecule has 0 fully saturated rings. The maximum Gasteiger partial charge on any atom is 0.343 e. The van der Waals surface area contributed by atoms with Crippen molar-refractivity contribution in [3.05, 3.63) is 86.5 Å². The number of hydrogen-bond acceptors (Lipinski definition) is 4. The van der Waals surface area contributed by atoms with E-state index in [4.69, 9.17) is 4.74 Å². The van der Waals surface area contributed by atoms with Crippen molar-refractivity contribution in [3.8, 4) is 0 Å². The van der Waals surface area contributed by atoms with Crippen molar-refractivity contribution in [2.24, 2.45) is 0 Å². The van der Waals surface area contributed by atoms with Gasteiger partial charge >= 0.3 is 5.97 Å². The minimum Gasteiger partial charge on any atom is -0.422 e. The van der Waals surface area contributed by atoms with Crippen molar-refractivity contribution in [2.75, 3.05) is 0 Å². The van der Waals surface area contributed by atoms with Gasteiger partial charge in [0.2, 0.25) is 0 Å². The van der Waals surface area contributed by atoms with Crippen LogP contribution in [0.3, 0.4) is 0 Å². The summed E-state index contributed by atoms with van der Waals surface area (Å²) in [6, 6.07) is 12.5. The Morgan fingerprint density at radius 3 is 2.46 bits per heavy atom. The molecule has 0 unspecified atom stereocenters. The highest BCUT2D eigenvalue weighted by atomic mass is 16.6. The second-order valence-corrected chi connectivity index (χ2v) is 5.67. The van der Waals surface area contributed by atoms with Gasteiger partial charge < -0.3 is 4.74 Å². The van der Waals surface area contributed by atoms with Crippen LogP contribution in [0, 0.1) is 24.0 Å². The Bertz CT molecular complexity index is 892. The molecule has 3 rings (SSSR count). The normalized spacial score (nSPS) is 15.3. The molecule has 0 spiro atoms. The SMILES string of the molecule is Cc1ccc(C2=C/C(=C/c3ccc(C)c([N+](=O)[O-])c3)C(=O)O2)cc1. The van der Waals surface area contributed by atoms with E-state index in [0.29, 0.717) is 22.5 Å². The fourth-order valence-electron chi connectivity index (χ4n) is 2.44. The molecular weight excluding hydrogens is 306 g/mol. The van der Waals surface area contributed by atoms with E-state index in [1.807, 2.05) is 31.2 Å². The van der Waals surface area contributed by atoms with Crippen LogP contribution in [0.25, 0.3) is 11.8 Å². The summed E-state index contributed by atoms with van der Waals surface area (Å²) in [6.45, 7) is 3.66. The van der Waals surface area contributed by atoms with Crippen LogP contribution >= 0.6 is 0 Å². The molecule has 0 amide bonds. The smallest absolute Gasteiger partial charge is 0.343 e. The molecule has 0 saturated heterocycles. The lowest BCUT2D eigenvalue weighted by Gasteiger charge is -2.01. The number of carbonyl (C=O) groups excluding carboxylic acids is 1. The number of benzene rings is 2. The van der Waals surface area contributed by atoms with Crippen molar-refractivity contribution in [3.63, 3.8) is 0 Å². The van der Waals surface area contributed by atoms with Crippen LogP contribution in [0.1, 0.15) is 22.3 Å². The highest BCUT2D eigenvalue weighted by molar-refractivity contribution is 6.05. The molecule has 2 aromatic rings. The summed E-state index contributed by atoms with van der Waals surface area (Å²) in [5.74, 6) is 0.0154. The van der Waals surface area contributed by atoms with E-state index in [2.05, 4.69) is 0 Å². The molecule has 0 N–H and O–H groups in total. The number of hydrogen-bond donors (Lipinski definition) is 0. The quantitative estimate of drug-likeness (QED) is 0.368. The van der Waals surface area contributed by atoms with Crippen LogP contribution in [0.5, 0.6) is 0 Å². The lowest BCUT2D eigenvalue weighted by molar-refractivity contribution is -0.385. The summed E-state index contributed by atoms with van der Waals surface area (Å²) in [5.41, 5.74) is 3.48. The lowest BCUT2D eigenvalue weighted by Crippen LogP contribution is -1.97. The molecule has 5 nitrogen and oxygen atoms in total. The van der Waals surface area contributed by atoms with E-state index in [1.165, 1.54) is 6.07 Å². The summed E-state index contributed by atoms with van der Waals surface area (Å²) in [7, 11) is 0. The molecule has 0 atom stereocenters. The van der Waals surface area contributed by atoms with Crippen LogP contribution in [0.15, 0.2) is 54.1 Å². The number of nitrogens with zero attached hydrogens (tertiary/aromatic N) is 1. The van der Waals surface area contributed by atoms with E-state index >= 15 is 0 Å². The van der Waals surface area contributed by atoms with E-state index in [1.54, 1.807) is 31.2 Å². The first-order valence-electron chi connectivity index (χ1n) is 7.42. The number of ether oxygens (including phenoxy) is 1. The van der Waals surface area contributed by atoms with Crippen molar-refractivity contribution >= 4 is 23.5 Å². The molecule has 1 heterocycles. The molecule has 2 aromatic carbocycles. The Morgan fingerprint density at radius 2 is 1.79 bits per heavy atom. The molecule has 120 valence electrons. The summed E-state index contributed by atoms with van der Waals surface area (Å²) >= 11 is 0. The molecule has 0 saturated carbocycles. The van der Waals surface area contributed by atoms with E-state index in [0.717, 1.165) is 11.1 Å². The van der Waals surface area contributed by atoms with Crippen molar-refractivity contribution in [2.45, 2.75) is 13.8 Å². The van der Waals surface area contributed by atoms with E-state index in [-0.39, 0.29) is 5.69 Å². The summed E-state index contributed by atoms with van der Waals surface area (Å²) in [5, 5.41) is 11.0. The highest BCUT2D eigenvalue weighted by Gasteiger charge is 2.22. The zero-order chi connectivity index (χ0) is 17.3. The number of nitro benzene ring substituents is 1. The van der Waals surface area contributed by atoms with Gasteiger partial charge in [-0.05, 0) is 31.6 Å². The van der Waals surface area contributed by atoms with Crippen LogP contribution in [0.4, 0.5) is 5.69 Å². The first kappa shape index (κ1) is 15.7. The largest absolute Gasteiger partial charge is 0.422 e. The average molecular weight is 321 g/mol. The molecule has 0 aromatic heterocycles. The second-order valence-electron chi connectivity index (χ2n) is 5.67. The van der Waals surface area contributed by atoms with Gasteiger partial charge in [0, 0.05) is 17.2 Å². The number of nitro groups is 1. The second kappa shape index (κ2) is 6.12. The average Bonchev–Trinajstić information content (AvgIpc) is 2.90. The monoisotopic (exact) mass is 321 g/mol. The van der Waals surface area contributed by atoms with Gasteiger partial charge in [-0.3, -0.25) is 10.1 Å². The maximum atomic E-state index is 12.0. The number of esters is 1. The Kier molecular flexibility index (Phi) is 4.00. The minimum absolute atomic E-state index is 0.0263. The Hall–Kier alpha value is -3.21. The van der Waals surface area contributed by atoms with Gasteiger partial charge in [-0.1, -0.05) is 42.0 Å². The van der Waals surface area contributed by atoms with Crippen molar-refractivity contribution in [1.82, 2.24) is 0 Å². The molecular formula is C19H15NO4. The van der Waals surface area contributed by atoms with Crippen LogP contribution in [-0.2, 0) is 9.53 Å². The topological polar surface area (TPSA) is 69.4 Å². The molecule has 0 aliphatic carbocycles. The van der Waals surface area contributed by atoms with E-state index in [9.17, 15) is 14.9 Å². The summed E-state index contributed by atoms with van der Waals surface area (Å²) in [4.78, 5) is 22.6. The predicted octanol–water partition coefficient (Wildman–Crippen LogP) is 4.19. The first-order valence-corrected chi connectivity index (χ1v) is 7.42. The number of aryl methyl sites for hydroxylation is 2.